The van der Waals surface area contributed by atoms with E-state index in [-0.39, 0.29) is 17.9 Å². The van der Waals surface area contributed by atoms with Crippen LogP contribution in [0.5, 0.6) is 0 Å². The molecule has 0 bridgehead atoms. The standard InChI is InChI=1S/C21H24N8O2/c1-27-18(2-8-25-27)20-24-7-3-19(26-20)28-11-4-15(5-12-28)21(30)29-17(6-13-31-29)16-14-22-9-10-23-16/h2-3,7-10,14-15,17H,4-6,11-13H2,1H3/t17-/m0/s1. The van der Waals surface area contributed by atoms with Crippen molar-refractivity contribution >= 4 is 11.7 Å². The van der Waals surface area contributed by atoms with Crippen molar-refractivity contribution in [3.8, 4) is 11.5 Å². The summed E-state index contributed by atoms with van der Waals surface area (Å²) in [5.74, 6) is 1.47. The summed E-state index contributed by atoms with van der Waals surface area (Å²) in [6.07, 6.45) is 10.7. The van der Waals surface area contributed by atoms with Crippen molar-refractivity contribution in [3.05, 3.63) is 48.8 Å². The second kappa shape index (κ2) is 8.38. The van der Waals surface area contributed by atoms with Crippen molar-refractivity contribution in [2.45, 2.75) is 25.3 Å². The van der Waals surface area contributed by atoms with Gasteiger partial charge in [-0.3, -0.25) is 24.3 Å². The normalized spacial score (nSPS) is 19.7. The number of aryl methyl sites for hydroxylation is 1. The fourth-order valence-electron chi connectivity index (χ4n) is 4.22. The quantitative estimate of drug-likeness (QED) is 0.630. The number of hydroxylamine groups is 2. The summed E-state index contributed by atoms with van der Waals surface area (Å²) < 4.78 is 1.76. The van der Waals surface area contributed by atoms with E-state index in [0.29, 0.717) is 12.4 Å². The first kappa shape index (κ1) is 19.6. The van der Waals surface area contributed by atoms with Gasteiger partial charge in [0, 0.05) is 57.3 Å². The van der Waals surface area contributed by atoms with Crippen molar-refractivity contribution in [1.29, 1.82) is 0 Å². The number of piperidine rings is 1. The Balaban J connectivity index is 1.25. The second-order valence-electron chi connectivity index (χ2n) is 7.77. The summed E-state index contributed by atoms with van der Waals surface area (Å²) in [6, 6.07) is 3.64. The summed E-state index contributed by atoms with van der Waals surface area (Å²) in [5.41, 5.74) is 1.64. The molecule has 10 heteroatoms. The molecule has 2 fully saturated rings. The van der Waals surface area contributed by atoms with Gasteiger partial charge in [0.1, 0.15) is 17.6 Å². The third kappa shape index (κ3) is 3.86. The predicted molar refractivity (Wildman–Crippen MR) is 111 cm³/mol. The van der Waals surface area contributed by atoms with Gasteiger partial charge in [-0.25, -0.2) is 15.0 Å². The molecule has 5 rings (SSSR count). The van der Waals surface area contributed by atoms with E-state index < -0.39 is 0 Å². The summed E-state index contributed by atoms with van der Waals surface area (Å²) in [4.78, 5) is 38.7. The lowest BCUT2D eigenvalue weighted by Crippen LogP contribution is -2.42. The van der Waals surface area contributed by atoms with Crippen LogP contribution in [-0.4, -0.2) is 60.4 Å². The van der Waals surface area contributed by atoms with Crippen molar-refractivity contribution in [2.24, 2.45) is 13.0 Å². The number of rotatable bonds is 4. The molecule has 3 aromatic heterocycles. The number of hydrogen-bond acceptors (Lipinski definition) is 8. The first-order chi connectivity index (χ1) is 15.2. The lowest BCUT2D eigenvalue weighted by Gasteiger charge is -2.34. The molecule has 2 aliphatic heterocycles. The SMILES string of the molecule is Cn1nccc1-c1nccc(N2CCC(C(=O)N3OCC[C@H]3c3cnccn3)CC2)n1. The minimum Gasteiger partial charge on any atom is -0.356 e. The van der Waals surface area contributed by atoms with Gasteiger partial charge in [-0.05, 0) is 25.0 Å². The van der Waals surface area contributed by atoms with Crippen LogP contribution in [0.15, 0.2) is 43.1 Å². The van der Waals surface area contributed by atoms with Gasteiger partial charge in [0.25, 0.3) is 0 Å². The van der Waals surface area contributed by atoms with Crippen LogP contribution in [0.2, 0.25) is 0 Å². The zero-order chi connectivity index (χ0) is 21.2. The molecule has 1 atom stereocenters. The van der Waals surface area contributed by atoms with Gasteiger partial charge >= 0.3 is 0 Å². The van der Waals surface area contributed by atoms with Crippen LogP contribution in [0, 0.1) is 5.92 Å². The average molecular weight is 420 g/mol. The Labute approximate surface area is 179 Å². The van der Waals surface area contributed by atoms with Crippen molar-refractivity contribution < 1.29 is 9.63 Å². The molecular formula is C21H24N8O2. The molecule has 0 unspecified atom stereocenters. The molecule has 5 heterocycles. The van der Waals surface area contributed by atoms with Gasteiger partial charge in [-0.15, -0.1) is 0 Å². The molecule has 1 amide bonds. The van der Waals surface area contributed by atoms with Crippen LogP contribution in [-0.2, 0) is 16.7 Å². The zero-order valence-corrected chi connectivity index (χ0v) is 17.3. The Kier molecular flexibility index (Phi) is 5.29. The maximum atomic E-state index is 13.2. The van der Waals surface area contributed by atoms with Gasteiger partial charge in [0.05, 0.1) is 18.5 Å². The molecule has 2 aliphatic rings. The van der Waals surface area contributed by atoms with Crippen molar-refractivity contribution in [3.63, 3.8) is 0 Å². The molecule has 0 N–H and O–H groups in total. The summed E-state index contributed by atoms with van der Waals surface area (Å²) >= 11 is 0. The summed E-state index contributed by atoms with van der Waals surface area (Å²) in [6.45, 7) is 2.02. The largest absolute Gasteiger partial charge is 0.356 e. The fraction of sp³-hybridized carbons (Fsp3) is 0.429. The Bertz CT molecular complexity index is 1050. The lowest BCUT2D eigenvalue weighted by molar-refractivity contribution is -0.182. The van der Waals surface area contributed by atoms with E-state index in [0.717, 1.165) is 49.6 Å². The van der Waals surface area contributed by atoms with Crippen LogP contribution in [0.25, 0.3) is 11.5 Å². The molecule has 160 valence electrons. The number of carbonyl (C=O) groups is 1. The van der Waals surface area contributed by atoms with Gasteiger partial charge in [0.2, 0.25) is 5.91 Å². The lowest BCUT2D eigenvalue weighted by atomic mass is 9.95. The Morgan fingerprint density at radius 1 is 1.06 bits per heavy atom. The number of nitrogens with zero attached hydrogens (tertiary/aromatic N) is 8. The highest BCUT2D eigenvalue weighted by molar-refractivity contribution is 5.78. The highest BCUT2D eigenvalue weighted by atomic mass is 16.7. The molecule has 31 heavy (non-hydrogen) atoms. The van der Waals surface area contributed by atoms with E-state index in [1.54, 1.807) is 35.7 Å². The van der Waals surface area contributed by atoms with Crippen LogP contribution in [0.4, 0.5) is 5.82 Å². The summed E-state index contributed by atoms with van der Waals surface area (Å²) in [7, 11) is 1.87. The number of anilines is 1. The third-order valence-electron chi connectivity index (χ3n) is 5.91. The molecule has 10 nitrogen and oxygen atoms in total. The summed E-state index contributed by atoms with van der Waals surface area (Å²) in [5, 5.41) is 5.71. The smallest absolute Gasteiger partial charge is 0.250 e. The molecule has 0 radical (unpaired) electrons. The van der Waals surface area contributed by atoms with E-state index in [9.17, 15) is 4.79 Å². The molecule has 0 saturated carbocycles. The molecular weight excluding hydrogens is 396 g/mol. The number of carbonyl (C=O) groups excluding carboxylic acids is 1. The minimum absolute atomic E-state index is 0.0334. The van der Waals surface area contributed by atoms with E-state index in [4.69, 9.17) is 9.82 Å². The van der Waals surface area contributed by atoms with Crippen LogP contribution < -0.4 is 4.90 Å². The van der Waals surface area contributed by atoms with Crippen molar-refractivity contribution in [1.82, 2.24) is 34.8 Å². The maximum absolute atomic E-state index is 13.2. The first-order valence-corrected chi connectivity index (χ1v) is 10.5. The number of hydrogen-bond donors (Lipinski definition) is 0. The monoisotopic (exact) mass is 420 g/mol. The third-order valence-corrected chi connectivity index (χ3v) is 5.91. The van der Waals surface area contributed by atoms with E-state index in [2.05, 4.69) is 25.0 Å². The average Bonchev–Trinajstić information content (AvgIpc) is 3.49. The first-order valence-electron chi connectivity index (χ1n) is 10.5. The highest BCUT2D eigenvalue weighted by Gasteiger charge is 2.37. The predicted octanol–water partition coefficient (Wildman–Crippen LogP) is 1.79. The molecule has 0 aliphatic carbocycles. The van der Waals surface area contributed by atoms with Crippen LogP contribution in [0.3, 0.4) is 0 Å². The van der Waals surface area contributed by atoms with Gasteiger partial charge < -0.3 is 4.90 Å². The zero-order valence-electron chi connectivity index (χ0n) is 17.3. The topological polar surface area (TPSA) is 102 Å². The second-order valence-corrected chi connectivity index (χ2v) is 7.77. The molecule has 3 aromatic rings. The van der Waals surface area contributed by atoms with Crippen LogP contribution in [0.1, 0.15) is 31.0 Å². The Morgan fingerprint density at radius 3 is 2.68 bits per heavy atom. The fourth-order valence-corrected chi connectivity index (χ4v) is 4.22. The molecule has 2 saturated heterocycles. The highest BCUT2D eigenvalue weighted by Crippen LogP contribution is 2.32. The van der Waals surface area contributed by atoms with Gasteiger partial charge in [0.15, 0.2) is 5.82 Å². The molecule has 0 spiro atoms. The number of aromatic nitrogens is 6. The van der Waals surface area contributed by atoms with Crippen LogP contribution >= 0.6 is 0 Å². The minimum atomic E-state index is -0.164. The van der Waals surface area contributed by atoms with E-state index in [1.165, 1.54) is 5.06 Å². The van der Waals surface area contributed by atoms with Crippen molar-refractivity contribution in [2.75, 3.05) is 24.6 Å². The maximum Gasteiger partial charge on any atom is 0.250 e. The number of amides is 1. The van der Waals surface area contributed by atoms with Gasteiger partial charge in [-0.2, -0.15) is 5.10 Å². The Morgan fingerprint density at radius 2 is 1.94 bits per heavy atom. The molecule has 0 aromatic carbocycles. The Hall–Kier alpha value is -3.40. The van der Waals surface area contributed by atoms with E-state index >= 15 is 0 Å². The van der Waals surface area contributed by atoms with Gasteiger partial charge in [-0.1, -0.05) is 0 Å². The van der Waals surface area contributed by atoms with E-state index in [1.807, 2.05) is 19.2 Å².